The lowest BCUT2D eigenvalue weighted by Crippen LogP contribution is -2.23. The third kappa shape index (κ3) is 3.75. The number of aliphatic hydroxyl groups excluding tert-OH is 1. The summed E-state index contributed by atoms with van der Waals surface area (Å²) < 4.78 is 18.7. The van der Waals surface area contributed by atoms with Gasteiger partial charge in [0.15, 0.2) is 6.29 Å². The van der Waals surface area contributed by atoms with Crippen molar-refractivity contribution in [1.82, 2.24) is 0 Å². The van der Waals surface area contributed by atoms with Crippen LogP contribution in [0.3, 0.4) is 0 Å². The number of unbranched alkanes of at least 4 members (excludes halogenated alkanes) is 1. The number of rotatable bonds is 6. The maximum Gasteiger partial charge on any atom is 0.157 e. The number of halogens is 1. The highest BCUT2D eigenvalue weighted by atomic mass is 79.9. The van der Waals surface area contributed by atoms with Crippen LogP contribution in [0.2, 0.25) is 0 Å². The molecule has 2 saturated heterocycles. The van der Waals surface area contributed by atoms with Crippen molar-refractivity contribution in [3.8, 4) is 0 Å². The van der Waals surface area contributed by atoms with Gasteiger partial charge in [0.25, 0.3) is 0 Å². The van der Waals surface area contributed by atoms with Gasteiger partial charge in [0, 0.05) is 36.0 Å². The third-order valence-corrected chi connectivity index (χ3v) is 6.75. The Bertz CT molecular complexity index is 576. The molecule has 5 heteroatoms. The van der Waals surface area contributed by atoms with Crippen LogP contribution in [0.15, 0.2) is 34.0 Å². The van der Waals surface area contributed by atoms with Crippen molar-refractivity contribution in [2.45, 2.75) is 63.4 Å². The summed E-state index contributed by atoms with van der Waals surface area (Å²) in [4.78, 5) is 0. The van der Waals surface area contributed by atoms with Gasteiger partial charge < -0.3 is 19.3 Å². The Hall–Kier alpha value is -0.620. The predicted octanol–water partition coefficient (Wildman–Crippen LogP) is 4.76. The SMILES string of the molecule is OC1=C(Br)[C@@H]2C3C=CC=C(CCCCOC4CCCCO4)C3O[C@@H]2C1. The van der Waals surface area contributed by atoms with Gasteiger partial charge >= 0.3 is 0 Å². The van der Waals surface area contributed by atoms with E-state index in [2.05, 4.69) is 34.2 Å². The van der Waals surface area contributed by atoms with E-state index in [1.165, 1.54) is 12.0 Å². The van der Waals surface area contributed by atoms with Crippen molar-refractivity contribution in [3.63, 3.8) is 0 Å². The molecule has 0 radical (unpaired) electrons. The van der Waals surface area contributed by atoms with Gasteiger partial charge in [-0.2, -0.15) is 0 Å². The van der Waals surface area contributed by atoms with Gasteiger partial charge in [-0.25, -0.2) is 0 Å². The minimum atomic E-state index is 0.0179. The molecule has 0 amide bonds. The zero-order valence-electron chi connectivity index (χ0n) is 14.5. The van der Waals surface area contributed by atoms with Gasteiger partial charge in [0.1, 0.15) is 5.76 Å². The van der Waals surface area contributed by atoms with Crippen LogP contribution in [0.4, 0.5) is 0 Å². The second kappa shape index (κ2) is 7.95. The molecule has 3 unspecified atom stereocenters. The molecule has 0 aromatic heterocycles. The number of hydrogen-bond acceptors (Lipinski definition) is 4. The highest BCUT2D eigenvalue weighted by Crippen LogP contribution is 2.51. The molecule has 2 fully saturated rings. The van der Waals surface area contributed by atoms with Crippen LogP contribution in [0, 0.1) is 11.8 Å². The normalized spacial score (nSPS) is 37.2. The summed E-state index contributed by atoms with van der Waals surface area (Å²) in [7, 11) is 0. The highest BCUT2D eigenvalue weighted by Gasteiger charge is 2.50. The Labute approximate surface area is 158 Å². The van der Waals surface area contributed by atoms with E-state index in [-0.39, 0.29) is 24.4 Å². The summed E-state index contributed by atoms with van der Waals surface area (Å²) in [6, 6.07) is 0. The third-order valence-electron chi connectivity index (χ3n) is 5.76. The van der Waals surface area contributed by atoms with Gasteiger partial charge in [-0.05, 0) is 44.1 Å². The van der Waals surface area contributed by atoms with Crippen LogP contribution in [-0.4, -0.2) is 36.8 Å². The average molecular weight is 411 g/mol. The fourth-order valence-corrected chi connectivity index (χ4v) is 5.22. The lowest BCUT2D eigenvalue weighted by Gasteiger charge is -2.25. The zero-order valence-corrected chi connectivity index (χ0v) is 16.1. The van der Waals surface area contributed by atoms with E-state index in [9.17, 15) is 5.11 Å². The first-order chi connectivity index (χ1) is 12.2. The van der Waals surface area contributed by atoms with Crippen molar-refractivity contribution in [2.75, 3.05) is 13.2 Å². The first-order valence-corrected chi connectivity index (χ1v) is 10.4. The van der Waals surface area contributed by atoms with E-state index < -0.39 is 0 Å². The van der Waals surface area contributed by atoms with Gasteiger partial charge in [0.05, 0.1) is 12.2 Å². The van der Waals surface area contributed by atoms with Gasteiger partial charge in [-0.3, -0.25) is 0 Å². The van der Waals surface area contributed by atoms with E-state index in [4.69, 9.17) is 14.2 Å². The number of hydrogen-bond donors (Lipinski definition) is 1. The molecule has 138 valence electrons. The van der Waals surface area contributed by atoms with E-state index in [1.54, 1.807) is 0 Å². The van der Waals surface area contributed by atoms with Gasteiger partial charge in [-0.1, -0.05) is 34.2 Å². The van der Waals surface area contributed by atoms with Crippen LogP contribution < -0.4 is 0 Å². The molecule has 25 heavy (non-hydrogen) atoms. The standard InChI is InChI=1S/C20H27BrO4/c21-19-15(22)12-16-18(19)14-8-5-7-13(20(14)25-16)6-1-3-10-23-17-9-2-4-11-24-17/h5,7-8,14,16-18,20,22H,1-4,6,9-12H2/t14?,16-,17?,18-,20?/m1/s1. The number of fused-ring (bicyclic) bond motifs is 3. The minimum absolute atomic E-state index is 0.0179. The molecule has 0 aromatic rings. The lowest BCUT2D eigenvalue weighted by molar-refractivity contribution is -0.162. The van der Waals surface area contributed by atoms with Crippen molar-refractivity contribution in [2.24, 2.45) is 11.8 Å². The number of aliphatic hydroxyl groups is 1. The number of ether oxygens (including phenoxy) is 3. The molecule has 0 spiro atoms. The average Bonchev–Trinajstić information content (AvgIpc) is 3.12. The summed E-state index contributed by atoms with van der Waals surface area (Å²) in [5.74, 6) is 1.08. The molecular formula is C20H27BrO4. The van der Waals surface area contributed by atoms with Gasteiger partial charge in [0.2, 0.25) is 0 Å². The molecule has 4 nitrogen and oxygen atoms in total. The summed E-state index contributed by atoms with van der Waals surface area (Å²) in [6.07, 6.45) is 14.2. The van der Waals surface area contributed by atoms with Crippen molar-refractivity contribution in [1.29, 1.82) is 0 Å². The van der Waals surface area contributed by atoms with Crippen LogP contribution >= 0.6 is 15.9 Å². The fraction of sp³-hybridized carbons (Fsp3) is 0.700. The Morgan fingerprint density at radius 2 is 2.20 bits per heavy atom. The topological polar surface area (TPSA) is 47.9 Å². The van der Waals surface area contributed by atoms with E-state index in [1.807, 2.05) is 0 Å². The molecule has 4 rings (SSSR count). The monoisotopic (exact) mass is 410 g/mol. The maximum absolute atomic E-state index is 9.96. The molecular weight excluding hydrogens is 384 g/mol. The second-order valence-electron chi connectivity index (χ2n) is 7.45. The van der Waals surface area contributed by atoms with Gasteiger partial charge in [-0.15, -0.1) is 0 Å². The molecule has 2 heterocycles. The lowest BCUT2D eigenvalue weighted by atomic mass is 9.82. The van der Waals surface area contributed by atoms with Crippen molar-refractivity contribution < 1.29 is 19.3 Å². The summed E-state index contributed by atoms with van der Waals surface area (Å²) >= 11 is 3.57. The molecule has 4 aliphatic rings. The van der Waals surface area contributed by atoms with E-state index in [0.29, 0.717) is 18.1 Å². The molecule has 1 N–H and O–H groups in total. The zero-order chi connectivity index (χ0) is 17.2. The Balaban J connectivity index is 1.24. The maximum atomic E-state index is 9.96. The van der Waals surface area contributed by atoms with Crippen molar-refractivity contribution in [3.05, 3.63) is 34.0 Å². The Morgan fingerprint density at radius 3 is 3.04 bits per heavy atom. The molecule has 0 saturated carbocycles. The summed E-state index contributed by atoms with van der Waals surface area (Å²) in [5, 5.41) is 9.96. The van der Waals surface area contributed by atoms with Crippen LogP contribution in [0.5, 0.6) is 0 Å². The molecule has 5 atom stereocenters. The first-order valence-electron chi connectivity index (χ1n) is 9.57. The fourth-order valence-electron chi connectivity index (χ4n) is 4.46. The van der Waals surface area contributed by atoms with Crippen LogP contribution in [0.1, 0.15) is 44.9 Å². The first kappa shape index (κ1) is 17.8. The highest BCUT2D eigenvalue weighted by molar-refractivity contribution is 9.11. The second-order valence-corrected chi connectivity index (χ2v) is 8.30. The van der Waals surface area contributed by atoms with E-state index >= 15 is 0 Å². The number of allylic oxidation sites excluding steroid dienone is 2. The molecule has 2 aliphatic heterocycles. The quantitative estimate of drug-likeness (QED) is 0.640. The summed E-state index contributed by atoms with van der Waals surface area (Å²) in [6.45, 7) is 1.61. The smallest absolute Gasteiger partial charge is 0.157 e. The molecule has 0 bridgehead atoms. The van der Waals surface area contributed by atoms with E-state index in [0.717, 1.165) is 49.8 Å². The molecule has 0 aromatic carbocycles. The van der Waals surface area contributed by atoms with Crippen LogP contribution in [-0.2, 0) is 14.2 Å². The van der Waals surface area contributed by atoms with Crippen LogP contribution in [0.25, 0.3) is 0 Å². The van der Waals surface area contributed by atoms with Crippen molar-refractivity contribution >= 4 is 15.9 Å². The predicted molar refractivity (Wildman–Crippen MR) is 99.5 cm³/mol. The Kier molecular flexibility index (Phi) is 5.65. The molecule has 2 aliphatic carbocycles. The minimum Gasteiger partial charge on any atom is -0.511 e. The Morgan fingerprint density at radius 1 is 1.28 bits per heavy atom. The largest absolute Gasteiger partial charge is 0.511 e. The summed E-state index contributed by atoms with van der Waals surface area (Å²) in [5.41, 5.74) is 1.38.